The Balaban J connectivity index is 1.79. The lowest BCUT2D eigenvalue weighted by Crippen LogP contribution is -2.51. The molecule has 0 bridgehead atoms. The Bertz CT molecular complexity index is 995. The number of carboxylic acid groups (broad SMARTS) is 1. The number of hydrogen-bond donors (Lipinski definition) is 2. The number of carbonyl (C=O) groups excluding carboxylic acids is 3. The number of nitrogens with one attached hydrogen (secondary N) is 1. The molecule has 0 saturated carbocycles. The zero-order valence-corrected chi connectivity index (χ0v) is 18.6. The second-order valence-electron chi connectivity index (χ2n) is 7.74. The van der Waals surface area contributed by atoms with Crippen LogP contribution in [-0.4, -0.2) is 46.3 Å². The van der Waals surface area contributed by atoms with Crippen LogP contribution in [0.1, 0.15) is 24.5 Å². The maximum Gasteiger partial charge on any atom is 0.323 e. The van der Waals surface area contributed by atoms with E-state index >= 15 is 0 Å². The molecule has 2 atom stereocenters. The fraction of sp³-hybridized carbons (Fsp3) is 0.333. The van der Waals surface area contributed by atoms with E-state index in [1.54, 1.807) is 12.1 Å². The van der Waals surface area contributed by atoms with Crippen molar-refractivity contribution in [1.29, 1.82) is 0 Å². The van der Waals surface area contributed by atoms with Gasteiger partial charge in [-0.1, -0.05) is 60.3 Å². The fourth-order valence-corrected chi connectivity index (χ4v) is 4.49. The van der Waals surface area contributed by atoms with Gasteiger partial charge in [0.2, 0.25) is 11.8 Å². The van der Waals surface area contributed by atoms with E-state index in [9.17, 15) is 24.3 Å². The van der Waals surface area contributed by atoms with Crippen LogP contribution in [0.2, 0.25) is 0 Å². The van der Waals surface area contributed by atoms with Crippen molar-refractivity contribution in [2.45, 2.75) is 32.2 Å². The average molecular weight is 455 g/mol. The number of amides is 2. The van der Waals surface area contributed by atoms with E-state index in [0.29, 0.717) is 30.7 Å². The van der Waals surface area contributed by atoms with E-state index < -0.39 is 30.4 Å². The van der Waals surface area contributed by atoms with Crippen molar-refractivity contribution in [3.05, 3.63) is 65.7 Å². The van der Waals surface area contributed by atoms with Crippen LogP contribution in [0.15, 0.2) is 54.6 Å². The third kappa shape index (κ3) is 6.20. The van der Waals surface area contributed by atoms with Crippen LogP contribution < -0.4 is 10.2 Å². The summed E-state index contributed by atoms with van der Waals surface area (Å²) in [5.41, 5.74) is 2.39. The number of anilines is 1. The van der Waals surface area contributed by atoms with Crippen molar-refractivity contribution < 1.29 is 24.3 Å². The molecule has 1 heterocycles. The lowest BCUT2D eigenvalue weighted by Gasteiger charge is -2.26. The van der Waals surface area contributed by atoms with Gasteiger partial charge in [-0.25, -0.2) is 0 Å². The average Bonchev–Trinajstić information content (AvgIpc) is 2.89. The van der Waals surface area contributed by atoms with Crippen LogP contribution in [0.25, 0.3) is 0 Å². The van der Waals surface area contributed by atoms with E-state index in [1.165, 1.54) is 11.8 Å². The summed E-state index contributed by atoms with van der Waals surface area (Å²) in [5, 5.41) is 12.1. The summed E-state index contributed by atoms with van der Waals surface area (Å²) in [4.78, 5) is 50.5. The van der Waals surface area contributed by atoms with Crippen molar-refractivity contribution >= 4 is 40.3 Å². The third-order valence-corrected chi connectivity index (χ3v) is 6.32. The van der Waals surface area contributed by atoms with Crippen LogP contribution in [0, 0.1) is 5.92 Å². The van der Waals surface area contributed by atoms with E-state index in [0.717, 1.165) is 22.9 Å². The Kier molecular flexibility index (Phi) is 8.05. The standard InChI is InChI=1S/C24H26N2O5S/c1-16(27)32-15-19(13-17-7-3-2-4-8-17)23(30)25-20-12-11-18-9-5-6-10-21(18)26(24(20)31)14-22(28)29/h2-10,19-20H,11-15H2,1H3,(H,25,30)(H,28,29)/t19-,20+/m1/s1. The van der Waals surface area contributed by atoms with Gasteiger partial charge in [-0.3, -0.25) is 24.1 Å². The highest BCUT2D eigenvalue weighted by Gasteiger charge is 2.33. The summed E-state index contributed by atoms with van der Waals surface area (Å²) in [7, 11) is 0. The Hall–Kier alpha value is -3.13. The smallest absolute Gasteiger partial charge is 0.323 e. The molecule has 32 heavy (non-hydrogen) atoms. The number of carbonyl (C=O) groups is 4. The first-order valence-electron chi connectivity index (χ1n) is 10.4. The maximum atomic E-state index is 13.2. The fourth-order valence-electron chi connectivity index (χ4n) is 3.78. The molecular formula is C24H26N2O5S. The van der Waals surface area contributed by atoms with Gasteiger partial charge in [-0.15, -0.1) is 0 Å². The van der Waals surface area contributed by atoms with Gasteiger partial charge in [0.05, 0.1) is 5.92 Å². The van der Waals surface area contributed by atoms with Gasteiger partial charge in [0.1, 0.15) is 12.6 Å². The minimum Gasteiger partial charge on any atom is -0.480 e. The first-order valence-corrected chi connectivity index (χ1v) is 11.4. The number of aliphatic carboxylic acids is 1. The minimum absolute atomic E-state index is 0.0792. The van der Waals surface area contributed by atoms with Crippen molar-refractivity contribution in [1.82, 2.24) is 5.32 Å². The second kappa shape index (κ2) is 10.9. The molecule has 0 unspecified atom stereocenters. The predicted octanol–water partition coefficient (Wildman–Crippen LogP) is 2.67. The number of para-hydroxylation sites is 1. The molecule has 1 aliphatic heterocycles. The molecule has 168 valence electrons. The number of hydrogen-bond acceptors (Lipinski definition) is 5. The summed E-state index contributed by atoms with van der Waals surface area (Å²) in [6.45, 7) is 0.980. The number of rotatable bonds is 8. The van der Waals surface area contributed by atoms with Crippen LogP contribution in [0.4, 0.5) is 5.69 Å². The van der Waals surface area contributed by atoms with E-state index in [-0.39, 0.29) is 11.0 Å². The molecule has 2 aromatic carbocycles. The first kappa shape index (κ1) is 23.5. The number of carboxylic acids is 1. The van der Waals surface area contributed by atoms with E-state index in [4.69, 9.17) is 0 Å². The van der Waals surface area contributed by atoms with E-state index in [2.05, 4.69) is 5.32 Å². The molecular weight excluding hydrogens is 428 g/mol. The Morgan fingerprint density at radius 2 is 1.81 bits per heavy atom. The second-order valence-corrected chi connectivity index (χ2v) is 8.93. The topological polar surface area (TPSA) is 104 Å². The van der Waals surface area contributed by atoms with Gasteiger partial charge in [0, 0.05) is 18.4 Å². The maximum absolute atomic E-state index is 13.2. The van der Waals surface area contributed by atoms with Gasteiger partial charge < -0.3 is 10.4 Å². The van der Waals surface area contributed by atoms with Crippen LogP contribution in [0.5, 0.6) is 0 Å². The number of benzene rings is 2. The van der Waals surface area contributed by atoms with Crippen molar-refractivity contribution in [3.63, 3.8) is 0 Å². The normalized spacial score (nSPS) is 16.6. The van der Waals surface area contributed by atoms with Crippen LogP contribution in [0.3, 0.4) is 0 Å². The summed E-state index contributed by atoms with van der Waals surface area (Å²) in [6, 6.07) is 15.9. The van der Waals surface area contributed by atoms with Gasteiger partial charge in [-0.2, -0.15) is 0 Å². The molecule has 7 nitrogen and oxygen atoms in total. The molecule has 2 aromatic rings. The molecule has 0 spiro atoms. The molecule has 8 heteroatoms. The lowest BCUT2D eigenvalue weighted by atomic mass is 9.99. The summed E-state index contributed by atoms with van der Waals surface area (Å²) in [6.07, 6.45) is 1.34. The molecule has 2 N–H and O–H groups in total. The van der Waals surface area contributed by atoms with E-state index in [1.807, 2.05) is 42.5 Å². The Labute approximate surface area is 191 Å². The highest BCUT2D eigenvalue weighted by Crippen LogP contribution is 2.27. The monoisotopic (exact) mass is 454 g/mol. The number of aryl methyl sites for hydroxylation is 1. The molecule has 0 aromatic heterocycles. The molecule has 3 rings (SSSR count). The van der Waals surface area contributed by atoms with Crippen LogP contribution in [-0.2, 0) is 32.0 Å². The summed E-state index contributed by atoms with van der Waals surface area (Å²) >= 11 is 1.08. The number of nitrogens with zero attached hydrogens (tertiary/aromatic N) is 1. The molecule has 2 amide bonds. The predicted molar refractivity (Wildman–Crippen MR) is 123 cm³/mol. The number of fused-ring (bicyclic) bond motifs is 1. The zero-order valence-electron chi connectivity index (χ0n) is 17.8. The molecule has 1 aliphatic rings. The largest absolute Gasteiger partial charge is 0.480 e. The third-order valence-electron chi connectivity index (χ3n) is 5.34. The quantitative estimate of drug-likeness (QED) is 0.636. The van der Waals surface area contributed by atoms with Gasteiger partial charge in [0.15, 0.2) is 5.12 Å². The zero-order chi connectivity index (χ0) is 23.1. The molecule has 0 saturated heterocycles. The molecule has 0 aliphatic carbocycles. The van der Waals surface area contributed by atoms with Crippen LogP contribution >= 0.6 is 11.8 Å². The first-order chi connectivity index (χ1) is 15.3. The van der Waals surface area contributed by atoms with Crippen molar-refractivity contribution in [3.8, 4) is 0 Å². The SMILES string of the molecule is CC(=O)SC[C@@H](Cc1ccccc1)C(=O)N[C@H]1CCc2ccccc2N(CC(=O)O)C1=O. The lowest BCUT2D eigenvalue weighted by molar-refractivity contribution is -0.137. The van der Waals surface area contributed by atoms with Gasteiger partial charge in [-0.05, 0) is 36.5 Å². The highest BCUT2D eigenvalue weighted by molar-refractivity contribution is 8.13. The number of thioether (sulfide) groups is 1. The Morgan fingerprint density at radius 3 is 2.50 bits per heavy atom. The minimum atomic E-state index is -1.13. The van der Waals surface area contributed by atoms with Gasteiger partial charge >= 0.3 is 5.97 Å². The Morgan fingerprint density at radius 1 is 1.12 bits per heavy atom. The van der Waals surface area contributed by atoms with Crippen molar-refractivity contribution in [2.24, 2.45) is 5.92 Å². The van der Waals surface area contributed by atoms with Gasteiger partial charge in [0.25, 0.3) is 0 Å². The summed E-state index contributed by atoms with van der Waals surface area (Å²) < 4.78 is 0. The van der Waals surface area contributed by atoms with Crippen molar-refractivity contribution in [2.75, 3.05) is 17.2 Å². The summed E-state index contributed by atoms with van der Waals surface area (Å²) in [5.74, 6) is -2.08. The molecule has 0 radical (unpaired) electrons. The highest BCUT2D eigenvalue weighted by atomic mass is 32.2. The molecule has 0 fully saturated rings.